The molecule has 0 bridgehead atoms. The van der Waals surface area contributed by atoms with Crippen LogP contribution in [0, 0.1) is 0 Å². The SMILES string of the molecule is CCOP(=O)(O)CC[C@H]1O[C@@H]2OC(C)(C)O[C@H]2C1OCc1ccccc1. The van der Waals surface area contributed by atoms with E-state index in [1.165, 1.54) is 0 Å². The van der Waals surface area contributed by atoms with Crippen LogP contribution in [0.15, 0.2) is 30.3 Å². The fourth-order valence-electron chi connectivity index (χ4n) is 3.30. The van der Waals surface area contributed by atoms with Gasteiger partial charge >= 0.3 is 7.60 Å². The molecule has 1 aromatic carbocycles. The molecule has 26 heavy (non-hydrogen) atoms. The molecule has 2 fully saturated rings. The maximum absolute atomic E-state index is 12.0. The first-order chi connectivity index (χ1) is 12.3. The lowest BCUT2D eigenvalue weighted by Crippen LogP contribution is -2.37. The van der Waals surface area contributed by atoms with Crippen LogP contribution in [-0.2, 0) is 34.6 Å². The molecule has 8 heteroatoms. The number of hydrogen-bond donors (Lipinski definition) is 1. The third kappa shape index (κ3) is 4.93. The molecule has 5 atom stereocenters. The summed E-state index contributed by atoms with van der Waals surface area (Å²) in [5.41, 5.74) is 1.04. The van der Waals surface area contributed by atoms with Gasteiger partial charge in [0.25, 0.3) is 0 Å². The minimum Gasteiger partial charge on any atom is -0.368 e. The van der Waals surface area contributed by atoms with E-state index in [1.807, 2.05) is 44.2 Å². The first kappa shape index (κ1) is 20.0. The van der Waals surface area contributed by atoms with Crippen molar-refractivity contribution in [3.05, 3.63) is 35.9 Å². The Labute approximate surface area is 154 Å². The van der Waals surface area contributed by atoms with Gasteiger partial charge in [0.05, 0.1) is 25.5 Å². The Hall–Kier alpha value is -0.790. The molecule has 146 valence electrons. The molecule has 2 aliphatic rings. The topological polar surface area (TPSA) is 83.5 Å². The molecule has 1 aromatic rings. The van der Waals surface area contributed by atoms with E-state index in [0.29, 0.717) is 13.0 Å². The van der Waals surface area contributed by atoms with Crippen molar-refractivity contribution >= 4 is 7.60 Å². The van der Waals surface area contributed by atoms with Crippen LogP contribution in [-0.4, -0.2) is 48.1 Å². The van der Waals surface area contributed by atoms with Crippen molar-refractivity contribution < 1.29 is 32.9 Å². The quantitative estimate of drug-likeness (QED) is 0.688. The second kappa shape index (κ2) is 8.07. The van der Waals surface area contributed by atoms with Crippen LogP contribution in [0.25, 0.3) is 0 Å². The van der Waals surface area contributed by atoms with Gasteiger partial charge in [-0.25, -0.2) is 0 Å². The zero-order valence-corrected chi connectivity index (χ0v) is 16.3. The Bertz CT molecular complexity index is 636. The van der Waals surface area contributed by atoms with Crippen LogP contribution >= 0.6 is 7.60 Å². The molecule has 0 spiro atoms. The van der Waals surface area contributed by atoms with Crippen LogP contribution in [0.5, 0.6) is 0 Å². The Morgan fingerprint density at radius 3 is 2.65 bits per heavy atom. The van der Waals surface area contributed by atoms with Crippen molar-refractivity contribution in [2.45, 2.75) is 64.2 Å². The monoisotopic (exact) mass is 386 g/mol. The highest BCUT2D eigenvalue weighted by Gasteiger charge is 2.55. The first-order valence-electron chi connectivity index (χ1n) is 8.93. The van der Waals surface area contributed by atoms with Crippen LogP contribution in [0.2, 0.25) is 0 Å². The molecule has 0 saturated carbocycles. The zero-order chi connectivity index (χ0) is 18.8. The molecule has 2 aliphatic heterocycles. The minimum absolute atomic E-state index is 0.000460. The summed E-state index contributed by atoms with van der Waals surface area (Å²) in [6.45, 7) is 5.94. The van der Waals surface area contributed by atoms with E-state index in [4.69, 9.17) is 23.5 Å². The van der Waals surface area contributed by atoms with Gasteiger partial charge in [-0.05, 0) is 32.8 Å². The molecule has 1 N–H and O–H groups in total. The Balaban J connectivity index is 1.66. The van der Waals surface area contributed by atoms with Crippen molar-refractivity contribution in [1.29, 1.82) is 0 Å². The van der Waals surface area contributed by atoms with E-state index in [0.717, 1.165) is 5.56 Å². The predicted octanol–water partition coefficient (Wildman–Crippen LogP) is 3.06. The lowest BCUT2D eigenvalue weighted by atomic mass is 10.1. The van der Waals surface area contributed by atoms with Crippen LogP contribution in [0.1, 0.15) is 32.8 Å². The number of benzene rings is 1. The summed E-state index contributed by atoms with van der Waals surface area (Å²) in [4.78, 5) is 9.83. The third-order valence-corrected chi connectivity index (χ3v) is 5.88. The lowest BCUT2D eigenvalue weighted by molar-refractivity contribution is -0.219. The highest BCUT2D eigenvalue weighted by Crippen LogP contribution is 2.45. The Kier molecular flexibility index (Phi) is 6.19. The second-order valence-electron chi connectivity index (χ2n) is 6.97. The summed E-state index contributed by atoms with van der Waals surface area (Å²) in [6, 6.07) is 9.81. The van der Waals surface area contributed by atoms with Gasteiger partial charge in [0.15, 0.2) is 12.1 Å². The van der Waals surface area contributed by atoms with E-state index in [1.54, 1.807) is 6.92 Å². The summed E-state index contributed by atoms with van der Waals surface area (Å²) in [6.07, 6.45) is -1.37. The van der Waals surface area contributed by atoms with Gasteiger partial charge in [0.2, 0.25) is 0 Å². The van der Waals surface area contributed by atoms with Crippen molar-refractivity contribution in [2.24, 2.45) is 0 Å². The number of ether oxygens (including phenoxy) is 4. The summed E-state index contributed by atoms with van der Waals surface area (Å²) in [5.74, 6) is -0.744. The molecular formula is C18H27O7P. The highest BCUT2D eigenvalue weighted by molar-refractivity contribution is 7.52. The van der Waals surface area contributed by atoms with Gasteiger partial charge < -0.3 is 28.4 Å². The van der Waals surface area contributed by atoms with Gasteiger partial charge in [0.1, 0.15) is 12.2 Å². The van der Waals surface area contributed by atoms with Crippen LogP contribution in [0.3, 0.4) is 0 Å². The van der Waals surface area contributed by atoms with Crippen LogP contribution in [0.4, 0.5) is 0 Å². The van der Waals surface area contributed by atoms with E-state index in [2.05, 4.69) is 0 Å². The molecule has 7 nitrogen and oxygen atoms in total. The fourth-order valence-corrected chi connectivity index (χ4v) is 4.42. The standard InChI is InChI=1S/C18H27O7P/c1-4-22-26(19,20)11-10-14-15(21-12-13-8-6-5-7-9-13)16-17(23-14)25-18(2,3)24-16/h5-9,14-17H,4,10-12H2,1-3H3,(H,19,20)/t14-,15?,16+,17-/m1/s1. The van der Waals surface area contributed by atoms with Gasteiger partial charge in [-0.3, -0.25) is 4.57 Å². The molecule has 2 saturated heterocycles. The minimum atomic E-state index is -3.62. The molecule has 0 aliphatic carbocycles. The van der Waals surface area contributed by atoms with Crippen molar-refractivity contribution in [3.8, 4) is 0 Å². The smallest absolute Gasteiger partial charge is 0.328 e. The van der Waals surface area contributed by atoms with Crippen molar-refractivity contribution in [1.82, 2.24) is 0 Å². The maximum atomic E-state index is 12.0. The lowest BCUT2D eigenvalue weighted by Gasteiger charge is -2.26. The fraction of sp³-hybridized carbons (Fsp3) is 0.667. The molecule has 2 heterocycles. The number of fused-ring (bicyclic) bond motifs is 1. The normalized spacial score (nSPS) is 32.3. The largest absolute Gasteiger partial charge is 0.368 e. The molecule has 0 aromatic heterocycles. The Morgan fingerprint density at radius 1 is 1.23 bits per heavy atom. The van der Waals surface area contributed by atoms with Crippen LogP contribution < -0.4 is 0 Å². The van der Waals surface area contributed by atoms with Gasteiger partial charge in [-0.2, -0.15) is 0 Å². The predicted molar refractivity (Wildman–Crippen MR) is 94.7 cm³/mol. The van der Waals surface area contributed by atoms with Gasteiger partial charge in [0, 0.05) is 0 Å². The molecule has 2 unspecified atom stereocenters. The molecular weight excluding hydrogens is 359 g/mol. The summed E-state index contributed by atoms with van der Waals surface area (Å²) in [7, 11) is -3.62. The number of rotatable bonds is 8. The second-order valence-corrected chi connectivity index (χ2v) is 8.95. The molecule has 0 radical (unpaired) electrons. The Morgan fingerprint density at radius 2 is 1.96 bits per heavy atom. The summed E-state index contributed by atoms with van der Waals surface area (Å²) >= 11 is 0. The van der Waals surface area contributed by atoms with Crippen molar-refractivity contribution in [3.63, 3.8) is 0 Å². The molecule has 0 amide bonds. The molecule has 3 rings (SSSR count). The van der Waals surface area contributed by atoms with Crippen molar-refractivity contribution in [2.75, 3.05) is 12.8 Å². The number of hydrogen-bond acceptors (Lipinski definition) is 6. The summed E-state index contributed by atoms with van der Waals surface area (Å²) in [5, 5.41) is 0. The summed E-state index contributed by atoms with van der Waals surface area (Å²) < 4.78 is 40.7. The first-order valence-corrected chi connectivity index (χ1v) is 10.7. The van der Waals surface area contributed by atoms with Gasteiger partial charge in [-0.15, -0.1) is 0 Å². The zero-order valence-electron chi connectivity index (χ0n) is 15.4. The van der Waals surface area contributed by atoms with Gasteiger partial charge in [-0.1, -0.05) is 30.3 Å². The third-order valence-electron chi connectivity index (χ3n) is 4.40. The highest BCUT2D eigenvalue weighted by atomic mass is 31.2. The van der Waals surface area contributed by atoms with E-state index < -0.39 is 25.8 Å². The van der Waals surface area contributed by atoms with E-state index >= 15 is 0 Å². The van der Waals surface area contributed by atoms with E-state index in [-0.39, 0.29) is 25.0 Å². The average molecular weight is 386 g/mol. The maximum Gasteiger partial charge on any atom is 0.328 e. The average Bonchev–Trinajstić information content (AvgIpc) is 3.03. The van der Waals surface area contributed by atoms with E-state index in [9.17, 15) is 9.46 Å².